The molecule has 3 atom stereocenters. The van der Waals surface area contributed by atoms with E-state index in [9.17, 15) is 23.6 Å². The van der Waals surface area contributed by atoms with Gasteiger partial charge < -0.3 is 4.74 Å². The van der Waals surface area contributed by atoms with E-state index < -0.39 is 24.2 Å². The normalized spacial score (nSPS) is 21.2. The molecule has 0 bridgehead atoms. The second-order valence-corrected chi connectivity index (χ2v) is 9.20. The molecule has 36 heavy (non-hydrogen) atoms. The Morgan fingerprint density at radius 1 is 0.833 bits per heavy atom. The number of ether oxygens (including phenoxy) is 1. The number of esters is 1. The molecule has 1 aliphatic carbocycles. The molecule has 6 nitrogen and oxygen atoms in total. The molecule has 2 aliphatic rings. The van der Waals surface area contributed by atoms with Gasteiger partial charge in [-0.05, 0) is 73.2 Å². The topological polar surface area (TPSA) is 80.8 Å². The van der Waals surface area contributed by atoms with E-state index in [1.165, 1.54) is 34.7 Å². The maximum atomic E-state index is 13.3. The fraction of sp³-hybridized carbons (Fsp3) is 0.241. The number of imide groups is 1. The zero-order chi connectivity index (χ0) is 25.2. The van der Waals surface area contributed by atoms with Crippen LogP contribution < -0.4 is 4.90 Å². The molecule has 5 rings (SSSR count). The number of ketones is 1. The van der Waals surface area contributed by atoms with Crippen LogP contribution in [0, 0.1) is 17.7 Å². The van der Waals surface area contributed by atoms with Crippen molar-refractivity contribution in [3.05, 3.63) is 101 Å². The lowest BCUT2D eigenvalue weighted by molar-refractivity contribution is -0.122. The number of carbonyl (C=O) groups excluding carboxylic acids is 4. The molecular formula is C29H24FNO5. The molecule has 0 spiro atoms. The number of hydrogen-bond acceptors (Lipinski definition) is 5. The lowest BCUT2D eigenvalue weighted by Gasteiger charge is -2.28. The fourth-order valence-electron chi connectivity index (χ4n) is 5.17. The Morgan fingerprint density at radius 3 is 2.31 bits per heavy atom. The summed E-state index contributed by atoms with van der Waals surface area (Å²) in [5.74, 6) is -2.71. The first-order valence-corrected chi connectivity index (χ1v) is 11.9. The second-order valence-electron chi connectivity index (χ2n) is 9.20. The van der Waals surface area contributed by atoms with Crippen molar-refractivity contribution < 1.29 is 28.3 Å². The van der Waals surface area contributed by atoms with Crippen molar-refractivity contribution in [3.63, 3.8) is 0 Å². The predicted molar refractivity (Wildman–Crippen MR) is 130 cm³/mol. The van der Waals surface area contributed by atoms with Crippen LogP contribution in [0.15, 0.2) is 78.9 Å². The second kappa shape index (κ2) is 9.85. The Hall–Kier alpha value is -4.13. The molecular weight excluding hydrogens is 461 g/mol. The van der Waals surface area contributed by atoms with Gasteiger partial charge >= 0.3 is 5.97 Å². The van der Waals surface area contributed by atoms with E-state index in [0.717, 1.165) is 18.6 Å². The van der Waals surface area contributed by atoms with Gasteiger partial charge in [-0.3, -0.25) is 19.3 Å². The van der Waals surface area contributed by atoms with Crippen molar-refractivity contribution in [3.8, 4) is 0 Å². The SMILES string of the molecule is O=C(COC(=O)c1cccc(N2C(=O)[C@H]3CC[C@H](c4ccccc4)C[C@@H]3C2=O)c1)c1ccc(F)cc1. The number of amides is 2. The molecule has 1 saturated heterocycles. The number of rotatable bonds is 6. The van der Waals surface area contributed by atoms with Crippen LogP contribution in [0.5, 0.6) is 0 Å². The van der Waals surface area contributed by atoms with Crippen LogP contribution in [0.3, 0.4) is 0 Å². The monoisotopic (exact) mass is 485 g/mol. The Labute approximate surface area is 207 Å². The van der Waals surface area contributed by atoms with Gasteiger partial charge in [-0.15, -0.1) is 0 Å². The van der Waals surface area contributed by atoms with E-state index in [4.69, 9.17) is 4.74 Å². The van der Waals surface area contributed by atoms with Crippen LogP contribution in [0.2, 0.25) is 0 Å². The summed E-state index contributed by atoms with van der Waals surface area (Å²) in [7, 11) is 0. The first kappa shape index (κ1) is 23.6. The summed E-state index contributed by atoms with van der Waals surface area (Å²) in [5, 5.41) is 0. The number of carbonyl (C=O) groups is 4. The lowest BCUT2D eigenvalue weighted by Crippen LogP contribution is -2.31. The Morgan fingerprint density at radius 2 is 1.56 bits per heavy atom. The summed E-state index contributed by atoms with van der Waals surface area (Å²) < 4.78 is 18.2. The molecule has 2 amide bonds. The average molecular weight is 486 g/mol. The van der Waals surface area contributed by atoms with Crippen molar-refractivity contribution >= 4 is 29.3 Å². The summed E-state index contributed by atoms with van der Waals surface area (Å²) >= 11 is 0. The summed E-state index contributed by atoms with van der Waals surface area (Å²) in [6.07, 6.45) is 2.09. The van der Waals surface area contributed by atoms with E-state index in [-0.39, 0.29) is 40.7 Å². The van der Waals surface area contributed by atoms with Crippen LogP contribution in [0.4, 0.5) is 10.1 Å². The maximum absolute atomic E-state index is 13.3. The Kier molecular flexibility index (Phi) is 6.46. The van der Waals surface area contributed by atoms with Gasteiger partial charge in [0.05, 0.1) is 23.1 Å². The number of halogens is 1. The number of hydrogen-bond donors (Lipinski definition) is 0. The van der Waals surface area contributed by atoms with E-state index in [0.29, 0.717) is 18.5 Å². The van der Waals surface area contributed by atoms with E-state index in [1.807, 2.05) is 18.2 Å². The predicted octanol–water partition coefficient (Wildman–Crippen LogP) is 4.94. The molecule has 2 fully saturated rings. The van der Waals surface area contributed by atoms with Crippen LogP contribution >= 0.6 is 0 Å². The molecule has 0 radical (unpaired) electrons. The first-order chi connectivity index (χ1) is 17.4. The highest BCUT2D eigenvalue weighted by Gasteiger charge is 2.50. The number of benzene rings is 3. The zero-order valence-electron chi connectivity index (χ0n) is 19.4. The molecule has 1 aliphatic heterocycles. The van der Waals surface area contributed by atoms with Crippen molar-refractivity contribution in [2.24, 2.45) is 11.8 Å². The van der Waals surface area contributed by atoms with Gasteiger partial charge in [0.25, 0.3) is 0 Å². The molecule has 3 aromatic carbocycles. The molecule has 0 N–H and O–H groups in total. The van der Waals surface area contributed by atoms with Crippen molar-refractivity contribution in [2.75, 3.05) is 11.5 Å². The van der Waals surface area contributed by atoms with E-state index in [2.05, 4.69) is 12.1 Å². The Bertz CT molecular complexity index is 1320. The van der Waals surface area contributed by atoms with Gasteiger partial charge in [0.1, 0.15) is 5.82 Å². The lowest BCUT2D eigenvalue weighted by atomic mass is 9.73. The van der Waals surface area contributed by atoms with Crippen LogP contribution in [0.1, 0.15) is 51.5 Å². The highest BCUT2D eigenvalue weighted by Crippen LogP contribution is 2.45. The van der Waals surface area contributed by atoms with Gasteiger partial charge in [-0.1, -0.05) is 36.4 Å². The van der Waals surface area contributed by atoms with Crippen LogP contribution in [-0.4, -0.2) is 30.2 Å². The van der Waals surface area contributed by atoms with Gasteiger partial charge in [0.2, 0.25) is 11.8 Å². The van der Waals surface area contributed by atoms with Gasteiger partial charge in [-0.2, -0.15) is 0 Å². The van der Waals surface area contributed by atoms with Crippen LogP contribution in [-0.2, 0) is 14.3 Å². The number of nitrogens with zero attached hydrogens (tertiary/aromatic N) is 1. The summed E-state index contributed by atoms with van der Waals surface area (Å²) in [6.45, 7) is -0.513. The third kappa shape index (κ3) is 4.56. The highest BCUT2D eigenvalue weighted by molar-refractivity contribution is 6.22. The third-order valence-electron chi connectivity index (χ3n) is 7.04. The first-order valence-electron chi connectivity index (χ1n) is 11.9. The third-order valence-corrected chi connectivity index (χ3v) is 7.04. The van der Waals surface area contributed by atoms with Crippen LogP contribution in [0.25, 0.3) is 0 Å². The molecule has 1 saturated carbocycles. The zero-order valence-corrected chi connectivity index (χ0v) is 19.4. The quantitative estimate of drug-likeness (QED) is 0.281. The molecule has 0 unspecified atom stereocenters. The van der Waals surface area contributed by atoms with Crippen molar-refractivity contribution in [2.45, 2.75) is 25.2 Å². The number of anilines is 1. The minimum Gasteiger partial charge on any atom is -0.454 e. The Balaban J connectivity index is 1.28. The summed E-state index contributed by atoms with van der Waals surface area (Å²) in [6, 6.07) is 21.1. The van der Waals surface area contributed by atoms with Crippen molar-refractivity contribution in [1.29, 1.82) is 0 Å². The van der Waals surface area contributed by atoms with Gasteiger partial charge in [0.15, 0.2) is 12.4 Å². The highest BCUT2D eigenvalue weighted by atomic mass is 19.1. The molecule has 182 valence electrons. The maximum Gasteiger partial charge on any atom is 0.338 e. The van der Waals surface area contributed by atoms with Gasteiger partial charge in [0, 0.05) is 5.56 Å². The molecule has 3 aromatic rings. The van der Waals surface area contributed by atoms with E-state index in [1.54, 1.807) is 12.1 Å². The number of Topliss-reactive ketones (excluding diaryl/α,β-unsaturated/α-hetero) is 1. The fourth-order valence-corrected chi connectivity index (χ4v) is 5.17. The van der Waals surface area contributed by atoms with Crippen molar-refractivity contribution in [1.82, 2.24) is 0 Å². The van der Waals surface area contributed by atoms with Gasteiger partial charge in [-0.25, -0.2) is 9.18 Å². The molecule has 7 heteroatoms. The largest absolute Gasteiger partial charge is 0.454 e. The summed E-state index contributed by atoms with van der Waals surface area (Å²) in [5.41, 5.74) is 1.84. The molecule has 0 aromatic heterocycles. The molecule has 1 heterocycles. The average Bonchev–Trinajstić information content (AvgIpc) is 3.17. The summed E-state index contributed by atoms with van der Waals surface area (Å²) in [4.78, 5) is 52.5. The van der Waals surface area contributed by atoms with E-state index >= 15 is 0 Å². The minimum absolute atomic E-state index is 0.122. The number of fused-ring (bicyclic) bond motifs is 1. The smallest absolute Gasteiger partial charge is 0.338 e. The standard InChI is InChI=1S/C29H24FNO5/c30-22-12-9-19(10-13-22)26(32)17-36-29(35)21-7-4-8-23(15-21)31-27(33)24-14-11-20(16-25(24)28(31)34)18-5-2-1-3-6-18/h1-10,12-13,15,20,24-25H,11,14,16-17H2/t20-,24-,25-/m0/s1. The minimum atomic E-state index is -0.757.